The van der Waals surface area contributed by atoms with Gasteiger partial charge in [-0.05, 0) is 43.9 Å². The van der Waals surface area contributed by atoms with Crippen molar-refractivity contribution < 1.29 is 13.9 Å². The number of rotatable bonds is 10. The van der Waals surface area contributed by atoms with Gasteiger partial charge in [-0.3, -0.25) is 4.79 Å². The van der Waals surface area contributed by atoms with E-state index in [2.05, 4.69) is 28.6 Å². The summed E-state index contributed by atoms with van der Waals surface area (Å²) >= 11 is 0. The summed E-state index contributed by atoms with van der Waals surface area (Å²) in [5.74, 6) is 2.08. The largest absolute Gasteiger partial charge is 0.487 e. The van der Waals surface area contributed by atoms with Crippen LogP contribution in [0.2, 0.25) is 0 Å². The molecule has 42 heavy (non-hydrogen) atoms. The second kappa shape index (κ2) is 10.5. The number of nitrogens with two attached hydrogens (primary N) is 1. The van der Waals surface area contributed by atoms with E-state index in [1.807, 2.05) is 40.6 Å². The van der Waals surface area contributed by atoms with Crippen molar-refractivity contribution in [3.63, 3.8) is 0 Å². The fourth-order valence-electron chi connectivity index (χ4n) is 6.04. The minimum absolute atomic E-state index is 0.0552. The standard InChI is InChI=1S/C31H35FN8O2/c1-19(15-38-11-9-34-18-38)42-27-5-3-4-21-12-26(40(28(21)27)16-20-6-7-20)30-36-25-13-23-24(35-29(25)37(30)2)8-10-39(31(23)41)17-22(33)14-32/h3-5,9,11-13,18-20,22H,6-8,10,14-17,33H2,1-2H3/t19-,22-/m1/s1. The minimum Gasteiger partial charge on any atom is -0.487 e. The fourth-order valence-corrected chi connectivity index (χ4v) is 6.04. The van der Waals surface area contributed by atoms with Gasteiger partial charge in [-0.2, -0.15) is 0 Å². The van der Waals surface area contributed by atoms with Crippen LogP contribution in [-0.4, -0.2) is 71.4 Å². The Morgan fingerprint density at radius 2 is 2.05 bits per heavy atom. The van der Waals surface area contributed by atoms with E-state index in [1.54, 1.807) is 17.4 Å². The first-order valence-corrected chi connectivity index (χ1v) is 14.6. The predicted molar refractivity (Wildman–Crippen MR) is 158 cm³/mol. The molecule has 5 heterocycles. The van der Waals surface area contributed by atoms with Crippen molar-refractivity contribution in [3.05, 3.63) is 60.3 Å². The summed E-state index contributed by atoms with van der Waals surface area (Å²) < 4.78 is 25.9. The molecular weight excluding hydrogens is 535 g/mol. The number of nitrogens with zero attached hydrogens (tertiary/aromatic N) is 7. The van der Waals surface area contributed by atoms with Crippen LogP contribution in [0.1, 0.15) is 35.8 Å². The number of aryl methyl sites for hydroxylation is 1. The maximum absolute atomic E-state index is 13.2. The molecule has 1 aliphatic carbocycles. The lowest BCUT2D eigenvalue weighted by Gasteiger charge is -2.29. The van der Waals surface area contributed by atoms with Crippen LogP contribution in [0.4, 0.5) is 4.39 Å². The van der Waals surface area contributed by atoms with Gasteiger partial charge in [-0.1, -0.05) is 12.1 Å². The number of alkyl halides is 1. The van der Waals surface area contributed by atoms with Gasteiger partial charge in [0.15, 0.2) is 11.5 Å². The lowest BCUT2D eigenvalue weighted by atomic mass is 10.0. The Morgan fingerprint density at radius 3 is 2.81 bits per heavy atom. The summed E-state index contributed by atoms with van der Waals surface area (Å²) in [6.07, 6.45) is 8.47. The fraction of sp³-hybridized carbons (Fsp3) is 0.419. The number of fused-ring (bicyclic) bond motifs is 3. The number of hydrogen-bond donors (Lipinski definition) is 1. The minimum atomic E-state index is -0.690. The molecule has 1 aromatic carbocycles. The van der Waals surface area contributed by atoms with Crippen molar-refractivity contribution in [2.75, 3.05) is 19.8 Å². The highest BCUT2D eigenvalue weighted by atomic mass is 19.1. The first-order chi connectivity index (χ1) is 20.4. The molecular formula is C31H35FN8O2. The number of hydrogen-bond acceptors (Lipinski definition) is 6. The van der Waals surface area contributed by atoms with Crippen molar-refractivity contribution in [2.24, 2.45) is 18.7 Å². The zero-order chi connectivity index (χ0) is 29.0. The molecule has 0 saturated heterocycles. The molecule has 10 nitrogen and oxygen atoms in total. The Bertz CT molecular complexity index is 1770. The van der Waals surface area contributed by atoms with Crippen LogP contribution in [0.25, 0.3) is 33.6 Å². The second-order valence-electron chi connectivity index (χ2n) is 11.7. The summed E-state index contributed by atoms with van der Waals surface area (Å²) in [6.45, 7) is 3.64. The van der Waals surface area contributed by atoms with Crippen molar-refractivity contribution in [1.82, 2.24) is 33.6 Å². The van der Waals surface area contributed by atoms with Crippen LogP contribution in [0, 0.1) is 5.92 Å². The lowest BCUT2D eigenvalue weighted by molar-refractivity contribution is 0.0723. The number of aromatic nitrogens is 6. The number of para-hydroxylation sites is 1. The normalized spacial score (nSPS) is 16.8. The summed E-state index contributed by atoms with van der Waals surface area (Å²) in [4.78, 5) is 28.9. The van der Waals surface area contributed by atoms with E-state index in [0.29, 0.717) is 36.5 Å². The number of carbonyl (C=O) groups excluding carboxylic acids is 1. The molecule has 1 aliphatic heterocycles. The Balaban J connectivity index is 1.28. The average molecular weight is 571 g/mol. The molecule has 2 N–H and O–H groups in total. The van der Waals surface area contributed by atoms with E-state index in [0.717, 1.165) is 46.1 Å². The molecule has 2 aliphatic rings. The number of carbonyl (C=O) groups is 1. The van der Waals surface area contributed by atoms with Crippen LogP contribution >= 0.6 is 0 Å². The van der Waals surface area contributed by atoms with Gasteiger partial charge in [0.05, 0.1) is 41.4 Å². The van der Waals surface area contributed by atoms with Gasteiger partial charge in [0.2, 0.25) is 0 Å². The number of imidazole rings is 2. The molecule has 2 atom stereocenters. The highest BCUT2D eigenvalue weighted by molar-refractivity contribution is 5.99. The van der Waals surface area contributed by atoms with Gasteiger partial charge in [0.25, 0.3) is 5.91 Å². The molecule has 1 amide bonds. The molecule has 7 rings (SSSR count). The lowest BCUT2D eigenvalue weighted by Crippen LogP contribution is -2.45. The second-order valence-corrected chi connectivity index (χ2v) is 11.7. The summed E-state index contributed by atoms with van der Waals surface area (Å²) in [7, 11) is 1.98. The molecule has 0 bridgehead atoms. The van der Waals surface area contributed by atoms with E-state index in [1.165, 1.54) is 12.8 Å². The van der Waals surface area contributed by atoms with E-state index >= 15 is 0 Å². The van der Waals surface area contributed by atoms with Gasteiger partial charge in [-0.25, -0.2) is 19.3 Å². The van der Waals surface area contributed by atoms with Crippen LogP contribution < -0.4 is 10.5 Å². The predicted octanol–water partition coefficient (Wildman–Crippen LogP) is 3.96. The van der Waals surface area contributed by atoms with Crippen molar-refractivity contribution in [1.29, 1.82) is 0 Å². The molecule has 4 aromatic heterocycles. The van der Waals surface area contributed by atoms with Crippen molar-refractivity contribution in [3.8, 4) is 17.3 Å². The summed E-state index contributed by atoms with van der Waals surface area (Å²) in [5.41, 5.74) is 10.5. The third kappa shape index (κ3) is 4.81. The molecule has 1 fully saturated rings. The number of amides is 1. The van der Waals surface area contributed by atoms with Gasteiger partial charge < -0.3 is 29.1 Å². The third-order valence-electron chi connectivity index (χ3n) is 8.32. The number of ether oxygens (including phenoxy) is 1. The van der Waals surface area contributed by atoms with E-state index in [9.17, 15) is 9.18 Å². The SMILES string of the molecule is C[C@H](Cn1ccnc1)Oc1cccc2cc(-c3nc4cc5c(nc4n3C)CCN(C[C@H](N)CF)C5=O)n(CC3CC3)c12. The maximum Gasteiger partial charge on any atom is 0.255 e. The van der Waals surface area contributed by atoms with Crippen LogP contribution in [-0.2, 0) is 26.6 Å². The zero-order valence-corrected chi connectivity index (χ0v) is 23.9. The summed E-state index contributed by atoms with van der Waals surface area (Å²) in [5, 5.41) is 1.09. The van der Waals surface area contributed by atoms with Gasteiger partial charge in [0.1, 0.15) is 24.0 Å². The maximum atomic E-state index is 13.2. The third-order valence-corrected chi connectivity index (χ3v) is 8.32. The number of pyridine rings is 1. The molecule has 218 valence electrons. The zero-order valence-electron chi connectivity index (χ0n) is 23.9. The molecule has 0 radical (unpaired) electrons. The molecule has 0 unspecified atom stereocenters. The Morgan fingerprint density at radius 1 is 1.19 bits per heavy atom. The topological polar surface area (TPSA) is 109 Å². The van der Waals surface area contributed by atoms with Crippen molar-refractivity contribution >= 4 is 28.0 Å². The van der Waals surface area contributed by atoms with Gasteiger partial charge >= 0.3 is 0 Å². The average Bonchev–Trinajstić information content (AvgIpc) is 3.36. The molecule has 5 aromatic rings. The van der Waals surface area contributed by atoms with Gasteiger partial charge in [0, 0.05) is 50.9 Å². The van der Waals surface area contributed by atoms with Crippen LogP contribution in [0.5, 0.6) is 5.75 Å². The molecule has 11 heteroatoms. The number of benzene rings is 1. The first-order valence-electron chi connectivity index (χ1n) is 14.6. The number of halogens is 1. The highest BCUT2D eigenvalue weighted by Gasteiger charge is 2.30. The van der Waals surface area contributed by atoms with E-state index < -0.39 is 12.7 Å². The van der Waals surface area contributed by atoms with Crippen molar-refractivity contribution in [2.45, 2.75) is 51.4 Å². The smallest absolute Gasteiger partial charge is 0.255 e. The summed E-state index contributed by atoms with van der Waals surface area (Å²) in [6, 6.07) is 9.50. The van der Waals surface area contributed by atoms with Crippen LogP contribution in [0.3, 0.4) is 0 Å². The quantitative estimate of drug-likeness (QED) is 0.272. The monoisotopic (exact) mass is 570 g/mol. The Labute approximate surface area is 242 Å². The Kier molecular flexibility index (Phi) is 6.69. The van der Waals surface area contributed by atoms with E-state index in [-0.39, 0.29) is 18.6 Å². The Hall–Kier alpha value is -4.25. The van der Waals surface area contributed by atoms with Crippen LogP contribution in [0.15, 0.2) is 49.1 Å². The van der Waals surface area contributed by atoms with E-state index in [4.69, 9.17) is 20.4 Å². The molecule has 0 spiro atoms. The molecule has 1 saturated carbocycles. The first kappa shape index (κ1) is 26.6. The van der Waals surface area contributed by atoms with Gasteiger partial charge in [-0.15, -0.1) is 0 Å². The highest BCUT2D eigenvalue weighted by Crippen LogP contribution is 2.39.